The highest BCUT2D eigenvalue weighted by Gasteiger charge is 2.38. The molecule has 0 unspecified atom stereocenters. The van der Waals surface area contributed by atoms with Crippen LogP contribution in [0.15, 0.2) is 24.4 Å². The number of aryl methyl sites for hydroxylation is 1. The van der Waals surface area contributed by atoms with E-state index in [1.807, 2.05) is 0 Å². The molecule has 1 aromatic heterocycles. The molecule has 5 nitrogen and oxygen atoms in total. The Bertz CT molecular complexity index is 694. The SMILES string of the molecule is CCn1ncc(-c2ccc([N+](=O)[O-])c(F)c2)c1C(F)(F)F. The van der Waals surface area contributed by atoms with Gasteiger partial charge in [0.05, 0.1) is 11.1 Å². The number of hydrogen-bond acceptors (Lipinski definition) is 3. The van der Waals surface area contributed by atoms with Gasteiger partial charge in [0.15, 0.2) is 0 Å². The second-order valence-corrected chi connectivity index (χ2v) is 4.14. The summed E-state index contributed by atoms with van der Waals surface area (Å²) in [6, 6.07) is 2.59. The maximum absolute atomic E-state index is 13.6. The first-order chi connectivity index (χ1) is 9.75. The summed E-state index contributed by atoms with van der Waals surface area (Å²) in [7, 11) is 0. The molecule has 0 bridgehead atoms. The van der Waals surface area contributed by atoms with Crippen LogP contribution in [0.1, 0.15) is 12.6 Å². The second-order valence-electron chi connectivity index (χ2n) is 4.14. The van der Waals surface area contributed by atoms with Crippen molar-refractivity contribution in [1.82, 2.24) is 9.78 Å². The van der Waals surface area contributed by atoms with Crippen molar-refractivity contribution in [2.75, 3.05) is 0 Å². The minimum Gasteiger partial charge on any atom is -0.260 e. The first-order valence-electron chi connectivity index (χ1n) is 5.83. The van der Waals surface area contributed by atoms with Crippen molar-refractivity contribution in [3.63, 3.8) is 0 Å². The lowest BCUT2D eigenvalue weighted by Gasteiger charge is -2.11. The Kier molecular flexibility index (Phi) is 3.67. The van der Waals surface area contributed by atoms with Gasteiger partial charge in [-0.25, -0.2) is 0 Å². The summed E-state index contributed by atoms with van der Waals surface area (Å²) in [5.41, 5.74) is -2.25. The van der Waals surface area contributed by atoms with E-state index in [1.165, 1.54) is 6.92 Å². The monoisotopic (exact) mass is 303 g/mol. The zero-order valence-corrected chi connectivity index (χ0v) is 10.7. The number of nitro benzene ring substituents is 1. The topological polar surface area (TPSA) is 61.0 Å². The van der Waals surface area contributed by atoms with Crippen LogP contribution in [0.5, 0.6) is 0 Å². The molecule has 0 radical (unpaired) electrons. The predicted molar refractivity (Wildman–Crippen MR) is 65.0 cm³/mol. The maximum Gasteiger partial charge on any atom is 0.433 e. The zero-order chi connectivity index (χ0) is 15.8. The minimum absolute atomic E-state index is 0.00962. The highest BCUT2D eigenvalue weighted by atomic mass is 19.4. The number of halogens is 4. The van der Waals surface area contributed by atoms with Crippen molar-refractivity contribution < 1.29 is 22.5 Å². The average molecular weight is 303 g/mol. The fraction of sp³-hybridized carbons (Fsp3) is 0.250. The van der Waals surface area contributed by atoms with E-state index in [2.05, 4.69) is 5.10 Å². The van der Waals surface area contributed by atoms with Crippen molar-refractivity contribution in [3.8, 4) is 11.1 Å². The van der Waals surface area contributed by atoms with Crippen molar-refractivity contribution in [2.24, 2.45) is 0 Å². The molecule has 9 heteroatoms. The molecule has 0 aliphatic rings. The van der Waals surface area contributed by atoms with E-state index >= 15 is 0 Å². The number of rotatable bonds is 3. The van der Waals surface area contributed by atoms with E-state index in [0.29, 0.717) is 6.07 Å². The van der Waals surface area contributed by atoms with Gasteiger partial charge >= 0.3 is 11.9 Å². The van der Waals surface area contributed by atoms with Crippen molar-refractivity contribution in [2.45, 2.75) is 19.6 Å². The van der Waals surface area contributed by atoms with E-state index in [1.54, 1.807) is 0 Å². The van der Waals surface area contributed by atoms with Crippen LogP contribution < -0.4 is 0 Å². The van der Waals surface area contributed by atoms with Crippen LogP contribution in [-0.2, 0) is 12.7 Å². The summed E-state index contributed by atoms with van der Waals surface area (Å²) in [5.74, 6) is -1.20. The quantitative estimate of drug-likeness (QED) is 0.494. The summed E-state index contributed by atoms with van der Waals surface area (Å²) < 4.78 is 53.5. The zero-order valence-electron chi connectivity index (χ0n) is 10.7. The van der Waals surface area contributed by atoms with Gasteiger partial charge in [0.1, 0.15) is 5.69 Å². The normalized spacial score (nSPS) is 11.7. The molecule has 2 aromatic rings. The van der Waals surface area contributed by atoms with Gasteiger partial charge < -0.3 is 0 Å². The molecule has 21 heavy (non-hydrogen) atoms. The maximum atomic E-state index is 13.6. The molecule has 0 fully saturated rings. The van der Waals surface area contributed by atoms with E-state index in [4.69, 9.17) is 0 Å². The molecular formula is C12H9F4N3O2. The van der Waals surface area contributed by atoms with Crippen molar-refractivity contribution in [1.29, 1.82) is 0 Å². The molecule has 0 saturated heterocycles. The summed E-state index contributed by atoms with van der Waals surface area (Å²) in [6.07, 6.45) is -3.70. The largest absolute Gasteiger partial charge is 0.433 e. The number of benzene rings is 1. The van der Waals surface area contributed by atoms with Gasteiger partial charge in [0.2, 0.25) is 5.82 Å². The first-order valence-corrected chi connectivity index (χ1v) is 5.83. The molecule has 0 N–H and O–H groups in total. The summed E-state index contributed by atoms with van der Waals surface area (Å²) in [6.45, 7) is 1.48. The smallest absolute Gasteiger partial charge is 0.260 e. The second kappa shape index (κ2) is 5.15. The Labute approximate surface area is 116 Å². The lowest BCUT2D eigenvalue weighted by molar-refractivity contribution is -0.387. The standard InChI is InChI=1S/C12H9F4N3O2/c1-2-18-11(12(14,15)16)8(6-17-18)7-3-4-10(19(20)21)9(13)5-7/h3-6H,2H2,1H3. The van der Waals surface area contributed by atoms with Gasteiger partial charge in [-0.2, -0.15) is 22.7 Å². The van der Waals surface area contributed by atoms with Gasteiger partial charge in [-0.15, -0.1) is 0 Å². The molecule has 0 spiro atoms. The lowest BCUT2D eigenvalue weighted by atomic mass is 10.1. The molecule has 112 valence electrons. The van der Waals surface area contributed by atoms with Gasteiger partial charge in [-0.05, 0) is 24.6 Å². The fourth-order valence-electron chi connectivity index (χ4n) is 1.96. The van der Waals surface area contributed by atoms with Crippen LogP contribution >= 0.6 is 0 Å². The van der Waals surface area contributed by atoms with Crippen LogP contribution in [0.4, 0.5) is 23.2 Å². The van der Waals surface area contributed by atoms with Crippen LogP contribution in [-0.4, -0.2) is 14.7 Å². The van der Waals surface area contributed by atoms with Gasteiger partial charge in [-0.3, -0.25) is 14.8 Å². The Morgan fingerprint density at radius 2 is 2.05 bits per heavy atom. The predicted octanol–water partition coefficient (Wildman–Crippen LogP) is 3.64. The van der Waals surface area contributed by atoms with Crippen LogP contribution in [0.25, 0.3) is 11.1 Å². The lowest BCUT2D eigenvalue weighted by Crippen LogP contribution is -2.15. The first kappa shape index (κ1) is 14.9. The molecular weight excluding hydrogens is 294 g/mol. The number of aromatic nitrogens is 2. The number of alkyl halides is 3. The number of nitro groups is 1. The Balaban J connectivity index is 2.60. The van der Waals surface area contributed by atoms with Crippen LogP contribution in [0.2, 0.25) is 0 Å². The summed E-state index contributed by atoms with van der Waals surface area (Å²) in [4.78, 5) is 9.57. The van der Waals surface area contributed by atoms with Crippen molar-refractivity contribution >= 4 is 5.69 Å². The minimum atomic E-state index is -4.67. The summed E-state index contributed by atoms with van der Waals surface area (Å²) in [5, 5.41) is 14.1. The van der Waals surface area contributed by atoms with Crippen molar-refractivity contribution in [3.05, 3.63) is 46.0 Å². The molecule has 1 aromatic carbocycles. The van der Waals surface area contributed by atoms with Gasteiger partial charge in [0.25, 0.3) is 0 Å². The number of hydrogen-bond donors (Lipinski definition) is 0. The average Bonchev–Trinajstić information content (AvgIpc) is 2.81. The molecule has 0 atom stereocenters. The molecule has 0 saturated carbocycles. The van der Waals surface area contributed by atoms with E-state index < -0.39 is 28.3 Å². The van der Waals surface area contributed by atoms with Gasteiger partial charge in [0, 0.05) is 18.2 Å². The third-order valence-electron chi connectivity index (χ3n) is 2.86. The highest BCUT2D eigenvalue weighted by molar-refractivity contribution is 5.67. The third kappa shape index (κ3) is 2.71. The summed E-state index contributed by atoms with van der Waals surface area (Å²) >= 11 is 0. The molecule has 1 heterocycles. The van der Waals surface area contributed by atoms with Crippen LogP contribution in [0.3, 0.4) is 0 Å². The fourth-order valence-corrected chi connectivity index (χ4v) is 1.96. The van der Waals surface area contributed by atoms with Gasteiger partial charge in [-0.1, -0.05) is 0 Å². The Hall–Kier alpha value is -2.45. The van der Waals surface area contributed by atoms with E-state index in [9.17, 15) is 27.7 Å². The van der Waals surface area contributed by atoms with Crippen LogP contribution in [0, 0.1) is 15.9 Å². The Morgan fingerprint density at radius 1 is 1.38 bits per heavy atom. The Morgan fingerprint density at radius 3 is 2.52 bits per heavy atom. The molecule has 0 aliphatic heterocycles. The highest BCUT2D eigenvalue weighted by Crippen LogP contribution is 2.37. The molecule has 2 rings (SSSR count). The number of nitrogens with zero attached hydrogens (tertiary/aromatic N) is 3. The molecule has 0 aliphatic carbocycles. The van der Waals surface area contributed by atoms with E-state index in [-0.39, 0.29) is 17.7 Å². The molecule has 0 amide bonds. The third-order valence-corrected chi connectivity index (χ3v) is 2.86. The van der Waals surface area contributed by atoms with E-state index in [0.717, 1.165) is 23.0 Å².